The second-order valence-corrected chi connectivity index (χ2v) is 9.11. The van der Waals surface area contributed by atoms with Crippen molar-refractivity contribution in [2.24, 2.45) is 5.92 Å². The third-order valence-corrected chi connectivity index (χ3v) is 7.04. The first-order valence-corrected chi connectivity index (χ1v) is 10.2. The maximum absolute atomic E-state index is 12.6. The van der Waals surface area contributed by atoms with Gasteiger partial charge < -0.3 is 9.80 Å². The van der Waals surface area contributed by atoms with E-state index in [0.717, 1.165) is 43.1 Å². The van der Waals surface area contributed by atoms with Crippen LogP contribution in [0.25, 0.3) is 0 Å². The van der Waals surface area contributed by atoms with Gasteiger partial charge in [0.25, 0.3) is 5.91 Å². The van der Waals surface area contributed by atoms with E-state index in [-0.39, 0.29) is 16.7 Å². The molecule has 0 radical (unpaired) electrons. The summed E-state index contributed by atoms with van der Waals surface area (Å²) in [7, 11) is 0. The fourth-order valence-corrected chi connectivity index (χ4v) is 5.61. The van der Waals surface area contributed by atoms with E-state index in [1.807, 2.05) is 34.2 Å². The summed E-state index contributed by atoms with van der Waals surface area (Å²) in [6.07, 6.45) is 2.40. The minimum Gasteiger partial charge on any atom is -0.338 e. The topological polar surface area (TPSA) is 40.6 Å². The Labute approximate surface area is 146 Å². The molecule has 23 heavy (non-hydrogen) atoms. The van der Waals surface area contributed by atoms with Gasteiger partial charge in [-0.1, -0.05) is 19.9 Å². The van der Waals surface area contributed by atoms with Crippen molar-refractivity contribution in [1.29, 1.82) is 0 Å². The van der Waals surface area contributed by atoms with Crippen LogP contribution in [-0.2, 0) is 4.79 Å². The summed E-state index contributed by atoms with van der Waals surface area (Å²) in [5.74, 6) is 1.83. The Morgan fingerprint density at radius 1 is 1.26 bits per heavy atom. The smallest absolute Gasteiger partial charge is 0.263 e. The van der Waals surface area contributed by atoms with Crippen LogP contribution in [0.2, 0.25) is 0 Å². The van der Waals surface area contributed by atoms with Crippen LogP contribution in [0, 0.1) is 5.92 Å². The second kappa shape index (κ2) is 6.85. The number of hydrogen-bond acceptors (Lipinski definition) is 4. The van der Waals surface area contributed by atoms with Gasteiger partial charge in [0.1, 0.15) is 0 Å². The third-order valence-electron chi connectivity index (χ3n) is 4.63. The van der Waals surface area contributed by atoms with Gasteiger partial charge in [-0.2, -0.15) is 0 Å². The largest absolute Gasteiger partial charge is 0.338 e. The minimum atomic E-state index is -0.0712. The summed E-state index contributed by atoms with van der Waals surface area (Å²) in [6.45, 7) is 6.53. The summed E-state index contributed by atoms with van der Waals surface area (Å²) in [6, 6.07) is 3.81. The van der Waals surface area contributed by atoms with E-state index in [4.69, 9.17) is 0 Å². The second-order valence-electron chi connectivity index (χ2n) is 6.71. The lowest BCUT2D eigenvalue weighted by atomic mass is 10.00. The molecular weight excluding hydrogens is 328 g/mol. The zero-order chi connectivity index (χ0) is 16.4. The molecule has 2 aliphatic rings. The number of nitrogens with zero attached hydrogens (tertiary/aromatic N) is 2. The lowest BCUT2D eigenvalue weighted by Crippen LogP contribution is -2.53. The number of thioether (sulfide) groups is 1. The Balaban J connectivity index is 1.64. The van der Waals surface area contributed by atoms with Gasteiger partial charge in [-0.05, 0) is 30.2 Å². The van der Waals surface area contributed by atoms with Crippen molar-refractivity contribution in [3.63, 3.8) is 0 Å². The number of amides is 2. The molecule has 4 nitrogen and oxygen atoms in total. The number of carbonyl (C=O) groups is 2. The zero-order valence-electron chi connectivity index (χ0n) is 13.8. The number of piperidine rings is 1. The lowest BCUT2D eigenvalue weighted by molar-refractivity contribution is -0.135. The molecule has 126 valence electrons. The van der Waals surface area contributed by atoms with Gasteiger partial charge in [0.15, 0.2) is 0 Å². The highest BCUT2D eigenvalue weighted by atomic mass is 32.2. The van der Waals surface area contributed by atoms with Crippen molar-refractivity contribution < 1.29 is 9.59 Å². The van der Waals surface area contributed by atoms with Gasteiger partial charge in [-0.25, -0.2) is 0 Å². The van der Waals surface area contributed by atoms with Crippen LogP contribution in [0.15, 0.2) is 17.5 Å². The minimum absolute atomic E-state index is 0.0712. The molecule has 1 aromatic heterocycles. The predicted molar refractivity (Wildman–Crippen MR) is 95.8 cm³/mol. The molecule has 2 amide bonds. The third kappa shape index (κ3) is 3.43. The summed E-state index contributed by atoms with van der Waals surface area (Å²) in [5, 5.41) is 1.94. The molecule has 0 unspecified atom stereocenters. The number of carbonyl (C=O) groups excluding carboxylic acids is 2. The Kier molecular flexibility index (Phi) is 5.01. The predicted octanol–water partition coefficient (Wildman–Crippen LogP) is 3.30. The van der Waals surface area contributed by atoms with E-state index in [0.29, 0.717) is 12.3 Å². The Morgan fingerprint density at radius 2 is 2.00 bits per heavy atom. The van der Waals surface area contributed by atoms with Gasteiger partial charge in [0.2, 0.25) is 5.91 Å². The summed E-state index contributed by atoms with van der Waals surface area (Å²) < 4.78 is 0. The average Bonchev–Trinajstić information content (AvgIpc) is 3.16. The first kappa shape index (κ1) is 16.8. The van der Waals surface area contributed by atoms with Crippen LogP contribution < -0.4 is 0 Å². The molecular formula is C17H24N2O2S2. The zero-order valence-corrected chi connectivity index (χ0v) is 15.4. The molecule has 3 heterocycles. The number of likely N-dealkylation sites (tertiary alicyclic amines) is 1. The van der Waals surface area contributed by atoms with Crippen molar-refractivity contribution in [2.45, 2.75) is 38.0 Å². The molecule has 6 heteroatoms. The summed E-state index contributed by atoms with van der Waals surface area (Å²) in [4.78, 5) is 29.8. The first-order chi connectivity index (χ1) is 11.0. The highest BCUT2D eigenvalue weighted by Crippen LogP contribution is 2.44. The van der Waals surface area contributed by atoms with E-state index >= 15 is 0 Å². The van der Waals surface area contributed by atoms with Crippen molar-refractivity contribution in [1.82, 2.24) is 9.80 Å². The van der Waals surface area contributed by atoms with Crippen LogP contribution in [0.1, 0.15) is 42.8 Å². The van der Waals surface area contributed by atoms with Crippen molar-refractivity contribution in [3.05, 3.63) is 22.4 Å². The molecule has 0 atom stereocenters. The molecule has 0 saturated carbocycles. The van der Waals surface area contributed by atoms with E-state index in [1.54, 1.807) is 0 Å². The SMILES string of the molecule is CC(C)CC(=O)N1CCSC12CCN(C(=O)c1cccs1)CC2. The molecule has 3 rings (SSSR count). The van der Waals surface area contributed by atoms with E-state index in [2.05, 4.69) is 18.7 Å². The summed E-state index contributed by atoms with van der Waals surface area (Å²) in [5.41, 5.74) is 0. The fourth-order valence-electron chi connectivity index (χ4n) is 3.45. The van der Waals surface area contributed by atoms with Crippen LogP contribution >= 0.6 is 23.1 Å². The molecule has 2 saturated heterocycles. The van der Waals surface area contributed by atoms with Gasteiger partial charge in [0, 0.05) is 31.8 Å². The number of hydrogen-bond donors (Lipinski definition) is 0. The summed E-state index contributed by atoms with van der Waals surface area (Å²) >= 11 is 3.41. The molecule has 0 aromatic carbocycles. The molecule has 1 spiro atoms. The van der Waals surface area contributed by atoms with Crippen LogP contribution in [0.5, 0.6) is 0 Å². The lowest BCUT2D eigenvalue weighted by Gasteiger charge is -2.44. The van der Waals surface area contributed by atoms with E-state index in [1.165, 1.54) is 11.3 Å². The van der Waals surface area contributed by atoms with Gasteiger partial charge in [-0.3, -0.25) is 9.59 Å². The van der Waals surface area contributed by atoms with Gasteiger partial charge in [0.05, 0.1) is 9.75 Å². The molecule has 0 aliphatic carbocycles. The number of rotatable bonds is 3. The van der Waals surface area contributed by atoms with Crippen molar-refractivity contribution in [3.8, 4) is 0 Å². The quantitative estimate of drug-likeness (QED) is 0.838. The molecule has 2 aliphatic heterocycles. The van der Waals surface area contributed by atoms with Crippen molar-refractivity contribution in [2.75, 3.05) is 25.4 Å². The highest BCUT2D eigenvalue weighted by molar-refractivity contribution is 8.00. The van der Waals surface area contributed by atoms with E-state index in [9.17, 15) is 9.59 Å². The standard InChI is InChI=1S/C17H24N2O2S2/c1-13(2)12-15(20)19-9-11-23-17(19)5-7-18(8-6-17)16(21)14-4-3-10-22-14/h3-4,10,13H,5-9,11-12H2,1-2H3. The average molecular weight is 353 g/mol. The Morgan fingerprint density at radius 3 is 2.61 bits per heavy atom. The maximum Gasteiger partial charge on any atom is 0.263 e. The van der Waals surface area contributed by atoms with Gasteiger partial charge >= 0.3 is 0 Å². The monoisotopic (exact) mass is 352 g/mol. The number of thiophene rings is 1. The molecule has 1 aromatic rings. The highest BCUT2D eigenvalue weighted by Gasteiger charge is 2.46. The normalized spacial score (nSPS) is 20.5. The first-order valence-electron chi connectivity index (χ1n) is 8.29. The molecule has 0 N–H and O–H groups in total. The maximum atomic E-state index is 12.6. The van der Waals surface area contributed by atoms with Crippen LogP contribution in [0.4, 0.5) is 0 Å². The van der Waals surface area contributed by atoms with Crippen molar-refractivity contribution >= 4 is 34.9 Å². The molecule has 2 fully saturated rings. The van der Waals surface area contributed by atoms with Crippen LogP contribution in [-0.4, -0.2) is 51.9 Å². The molecule has 0 bridgehead atoms. The fraction of sp³-hybridized carbons (Fsp3) is 0.647. The Bertz CT molecular complexity index is 563. The Hall–Kier alpha value is -1.01. The van der Waals surface area contributed by atoms with Gasteiger partial charge in [-0.15, -0.1) is 23.1 Å². The van der Waals surface area contributed by atoms with Crippen LogP contribution in [0.3, 0.4) is 0 Å². The van der Waals surface area contributed by atoms with E-state index < -0.39 is 0 Å².